The predicted molar refractivity (Wildman–Crippen MR) is 150 cm³/mol. The Labute approximate surface area is 222 Å². The third kappa shape index (κ3) is 5.87. The van der Waals surface area contributed by atoms with E-state index in [9.17, 15) is 0 Å². The van der Waals surface area contributed by atoms with Crippen molar-refractivity contribution in [3.05, 3.63) is 66.4 Å². The fourth-order valence-corrected chi connectivity index (χ4v) is 5.62. The molecule has 0 unspecified atom stereocenters. The Kier molecular flexibility index (Phi) is 7.87. The van der Waals surface area contributed by atoms with E-state index >= 15 is 0 Å². The van der Waals surface area contributed by atoms with Crippen LogP contribution >= 0.6 is 11.3 Å². The van der Waals surface area contributed by atoms with Gasteiger partial charge >= 0.3 is 0 Å². The molecule has 1 fully saturated rings. The van der Waals surface area contributed by atoms with Crippen molar-refractivity contribution in [2.75, 3.05) is 45.8 Å². The fourth-order valence-electron chi connectivity index (χ4n) is 4.51. The van der Waals surface area contributed by atoms with E-state index in [1.165, 1.54) is 25.9 Å². The lowest BCUT2D eigenvalue weighted by molar-refractivity contribution is 0.238. The molecule has 3 heterocycles. The Morgan fingerprint density at radius 1 is 0.919 bits per heavy atom. The summed E-state index contributed by atoms with van der Waals surface area (Å²) in [5, 5.41) is 3.32. The number of ether oxygens (including phenoxy) is 3. The Hall–Kier alpha value is -3.62. The number of aromatic nitrogens is 2. The average Bonchev–Trinajstić information content (AvgIpc) is 3.63. The highest BCUT2D eigenvalue weighted by Crippen LogP contribution is 2.43. The lowest BCUT2D eigenvalue weighted by Gasteiger charge is -2.15. The van der Waals surface area contributed by atoms with Crippen molar-refractivity contribution in [1.29, 1.82) is 0 Å². The summed E-state index contributed by atoms with van der Waals surface area (Å²) in [7, 11) is 3.35. The highest BCUT2D eigenvalue weighted by molar-refractivity contribution is 7.18. The molecule has 2 aromatic carbocycles. The van der Waals surface area contributed by atoms with Gasteiger partial charge in [-0.2, -0.15) is 0 Å². The molecule has 0 aliphatic carbocycles. The summed E-state index contributed by atoms with van der Waals surface area (Å²) < 4.78 is 17.1. The lowest BCUT2D eigenvalue weighted by atomic mass is 10.1. The summed E-state index contributed by atoms with van der Waals surface area (Å²) in [4.78, 5) is 13.9. The van der Waals surface area contributed by atoms with Crippen molar-refractivity contribution in [2.24, 2.45) is 0 Å². The maximum Gasteiger partial charge on any atom is 0.227 e. The second kappa shape index (κ2) is 11.6. The zero-order chi connectivity index (χ0) is 25.6. The lowest BCUT2D eigenvalue weighted by Crippen LogP contribution is -2.25. The van der Waals surface area contributed by atoms with Gasteiger partial charge in [0.15, 0.2) is 0 Å². The summed E-state index contributed by atoms with van der Waals surface area (Å²) in [6.45, 7) is 6.09. The van der Waals surface area contributed by atoms with Crippen LogP contribution < -0.4 is 19.5 Å². The third-order valence-electron chi connectivity index (χ3n) is 6.47. The highest BCUT2D eigenvalue weighted by atomic mass is 32.1. The van der Waals surface area contributed by atoms with Crippen LogP contribution in [0.25, 0.3) is 21.0 Å². The standard InChI is InChI=1S/C29H32N4O3S/c1-20-19-30-29(31-21-9-11-22(12-10-21)36-18-17-33-15-4-5-16-33)32-28(20)26-14-13-25(37-26)27-23(34-2)7-6-8-24(27)35-3/h6-14,19H,4-5,15-18H2,1-3H3,(H,30,31,32). The maximum atomic E-state index is 5.92. The van der Waals surface area contributed by atoms with E-state index in [0.717, 1.165) is 56.1 Å². The molecule has 0 amide bonds. The molecule has 192 valence electrons. The predicted octanol–water partition coefficient (Wildman–Crippen LogP) is 6.42. The molecular weight excluding hydrogens is 484 g/mol. The van der Waals surface area contributed by atoms with Crippen LogP contribution in [0.1, 0.15) is 18.4 Å². The van der Waals surface area contributed by atoms with Crippen LogP contribution in [0.2, 0.25) is 0 Å². The van der Waals surface area contributed by atoms with Crippen molar-refractivity contribution in [3.63, 3.8) is 0 Å². The molecule has 4 aromatic rings. The molecule has 0 saturated carbocycles. The van der Waals surface area contributed by atoms with Crippen molar-refractivity contribution >= 4 is 23.0 Å². The maximum absolute atomic E-state index is 5.92. The topological polar surface area (TPSA) is 68.7 Å². The molecule has 7 nitrogen and oxygen atoms in total. The number of benzene rings is 2. The van der Waals surface area contributed by atoms with Crippen molar-refractivity contribution in [1.82, 2.24) is 14.9 Å². The first-order valence-electron chi connectivity index (χ1n) is 12.5. The zero-order valence-electron chi connectivity index (χ0n) is 21.5. The first kappa shape index (κ1) is 25.0. The van der Waals surface area contributed by atoms with Gasteiger partial charge in [-0.25, -0.2) is 9.97 Å². The van der Waals surface area contributed by atoms with Crippen LogP contribution in [-0.2, 0) is 0 Å². The van der Waals surface area contributed by atoms with E-state index in [0.29, 0.717) is 12.6 Å². The molecular formula is C29H32N4O3S. The fraction of sp³-hybridized carbons (Fsp3) is 0.310. The molecule has 0 radical (unpaired) electrons. The molecule has 1 N–H and O–H groups in total. The second-order valence-electron chi connectivity index (χ2n) is 8.97. The Bertz CT molecular complexity index is 1310. The highest BCUT2D eigenvalue weighted by Gasteiger charge is 2.17. The number of hydrogen-bond acceptors (Lipinski definition) is 8. The van der Waals surface area contributed by atoms with Crippen molar-refractivity contribution < 1.29 is 14.2 Å². The first-order chi connectivity index (χ1) is 18.1. The van der Waals surface area contributed by atoms with Gasteiger partial charge < -0.3 is 19.5 Å². The number of rotatable bonds is 10. The number of aryl methyl sites for hydroxylation is 1. The minimum atomic E-state index is 0.549. The van der Waals surface area contributed by atoms with Gasteiger partial charge in [0.2, 0.25) is 5.95 Å². The molecule has 0 bridgehead atoms. The molecule has 37 heavy (non-hydrogen) atoms. The Balaban J connectivity index is 1.29. The van der Waals surface area contributed by atoms with Gasteiger partial charge in [0.1, 0.15) is 23.9 Å². The Morgan fingerprint density at radius 2 is 1.62 bits per heavy atom. The molecule has 1 aliphatic rings. The largest absolute Gasteiger partial charge is 0.496 e. The van der Waals surface area contributed by atoms with Gasteiger partial charge in [-0.3, -0.25) is 4.90 Å². The molecule has 8 heteroatoms. The molecule has 0 spiro atoms. The quantitative estimate of drug-likeness (QED) is 0.261. The monoisotopic (exact) mass is 516 g/mol. The van der Waals surface area contributed by atoms with Gasteiger partial charge in [-0.05, 0) is 86.9 Å². The van der Waals surface area contributed by atoms with Gasteiger partial charge in [0.05, 0.1) is 30.4 Å². The minimum Gasteiger partial charge on any atom is -0.496 e. The zero-order valence-corrected chi connectivity index (χ0v) is 22.3. The minimum absolute atomic E-state index is 0.549. The van der Waals surface area contributed by atoms with Gasteiger partial charge in [-0.15, -0.1) is 11.3 Å². The second-order valence-corrected chi connectivity index (χ2v) is 10.1. The van der Waals surface area contributed by atoms with E-state index in [4.69, 9.17) is 19.2 Å². The number of methoxy groups -OCH3 is 2. The molecule has 0 atom stereocenters. The van der Waals surface area contributed by atoms with E-state index in [-0.39, 0.29) is 0 Å². The van der Waals surface area contributed by atoms with E-state index in [1.807, 2.05) is 55.6 Å². The van der Waals surface area contributed by atoms with Gasteiger partial charge in [-0.1, -0.05) is 6.07 Å². The number of likely N-dealkylation sites (tertiary alicyclic amines) is 1. The first-order valence-corrected chi connectivity index (χ1v) is 13.3. The van der Waals surface area contributed by atoms with Crippen LogP contribution in [0.4, 0.5) is 11.6 Å². The van der Waals surface area contributed by atoms with E-state index in [2.05, 4.69) is 27.3 Å². The third-order valence-corrected chi connectivity index (χ3v) is 7.58. The number of thiophene rings is 1. The summed E-state index contributed by atoms with van der Waals surface area (Å²) >= 11 is 1.65. The molecule has 5 rings (SSSR count). The van der Waals surface area contributed by atoms with Crippen LogP contribution in [0, 0.1) is 6.92 Å². The number of nitrogens with one attached hydrogen (secondary N) is 1. The van der Waals surface area contributed by atoms with Crippen LogP contribution in [0.5, 0.6) is 17.2 Å². The van der Waals surface area contributed by atoms with E-state index in [1.54, 1.807) is 25.6 Å². The summed E-state index contributed by atoms with van der Waals surface area (Å²) in [6, 6.07) is 17.9. The van der Waals surface area contributed by atoms with Crippen molar-refractivity contribution in [2.45, 2.75) is 19.8 Å². The number of hydrogen-bond donors (Lipinski definition) is 1. The molecule has 1 saturated heterocycles. The van der Waals surface area contributed by atoms with Gasteiger partial charge in [0, 0.05) is 23.3 Å². The van der Waals surface area contributed by atoms with Crippen LogP contribution in [-0.4, -0.2) is 55.3 Å². The van der Waals surface area contributed by atoms with Crippen LogP contribution in [0.3, 0.4) is 0 Å². The van der Waals surface area contributed by atoms with Gasteiger partial charge in [0.25, 0.3) is 0 Å². The van der Waals surface area contributed by atoms with Crippen LogP contribution in [0.15, 0.2) is 60.8 Å². The average molecular weight is 517 g/mol. The molecule has 2 aromatic heterocycles. The van der Waals surface area contributed by atoms with Crippen molar-refractivity contribution in [3.8, 4) is 38.3 Å². The number of anilines is 2. The Morgan fingerprint density at radius 3 is 2.32 bits per heavy atom. The summed E-state index contributed by atoms with van der Waals surface area (Å²) in [5.74, 6) is 2.97. The SMILES string of the molecule is COc1cccc(OC)c1-c1ccc(-c2nc(Nc3ccc(OCCN4CCCC4)cc3)ncc2C)s1. The normalized spacial score (nSPS) is 13.5. The smallest absolute Gasteiger partial charge is 0.227 e. The van der Waals surface area contributed by atoms with E-state index < -0.39 is 0 Å². The molecule has 1 aliphatic heterocycles. The summed E-state index contributed by atoms with van der Waals surface area (Å²) in [5.41, 5.74) is 3.75. The number of nitrogens with zero attached hydrogens (tertiary/aromatic N) is 3. The summed E-state index contributed by atoms with van der Waals surface area (Å²) in [6.07, 6.45) is 4.45.